The summed E-state index contributed by atoms with van der Waals surface area (Å²) in [7, 11) is 0. The van der Waals surface area contributed by atoms with E-state index in [0.29, 0.717) is 5.11 Å². The minimum Gasteiger partial charge on any atom is -0.342 e. The van der Waals surface area contributed by atoms with Crippen LogP contribution in [0.5, 0.6) is 0 Å². The molecule has 0 saturated heterocycles. The molecular formula is C14H15N3S. The Hall–Kier alpha value is -1.81. The first-order valence-electron chi connectivity index (χ1n) is 6.08. The summed E-state index contributed by atoms with van der Waals surface area (Å²) in [6.07, 6.45) is 5.57. The molecule has 0 amide bonds. The summed E-state index contributed by atoms with van der Waals surface area (Å²) in [5.74, 6) is 0.863. The molecule has 1 aromatic carbocycles. The van der Waals surface area contributed by atoms with Gasteiger partial charge < -0.3 is 16.0 Å². The van der Waals surface area contributed by atoms with E-state index >= 15 is 0 Å². The lowest BCUT2D eigenvalue weighted by molar-refractivity contribution is 0.912. The number of hydrogen-bond donors (Lipinski definition) is 3. The van der Waals surface area contributed by atoms with Gasteiger partial charge in [-0.1, -0.05) is 12.6 Å². The van der Waals surface area contributed by atoms with Crippen LogP contribution in [0.3, 0.4) is 0 Å². The maximum absolute atomic E-state index is 5.09. The fourth-order valence-corrected chi connectivity index (χ4v) is 2.66. The average molecular weight is 257 g/mol. The third-order valence-electron chi connectivity index (χ3n) is 3.22. The normalized spacial score (nSPS) is 17.7. The van der Waals surface area contributed by atoms with Crippen molar-refractivity contribution in [1.82, 2.24) is 10.6 Å². The maximum Gasteiger partial charge on any atom is 0.176 e. The number of benzene rings is 1. The van der Waals surface area contributed by atoms with E-state index in [1.807, 2.05) is 6.08 Å². The lowest BCUT2D eigenvalue weighted by atomic mass is 10.1. The van der Waals surface area contributed by atoms with Gasteiger partial charge >= 0.3 is 0 Å². The van der Waals surface area contributed by atoms with Gasteiger partial charge in [-0.05, 0) is 54.7 Å². The summed E-state index contributed by atoms with van der Waals surface area (Å²) >= 11 is 5.09. The third-order valence-corrected chi connectivity index (χ3v) is 3.42. The zero-order valence-corrected chi connectivity index (χ0v) is 10.9. The van der Waals surface area contributed by atoms with Crippen LogP contribution in [0.1, 0.15) is 17.5 Å². The van der Waals surface area contributed by atoms with E-state index in [1.165, 1.54) is 30.4 Å². The Bertz CT molecular complexity index is 560. The molecule has 0 atom stereocenters. The standard InChI is InChI=1S/C14H15N3S/c1-9-7-13(17-14(18)15-9)16-12-6-5-10-3-2-4-11(10)8-12/h5-8,16H,1-4H2,(H2,15,17,18). The van der Waals surface area contributed by atoms with E-state index in [4.69, 9.17) is 12.2 Å². The molecule has 2 aliphatic rings. The molecule has 0 bridgehead atoms. The summed E-state index contributed by atoms with van der Waals surface area (Å²) in [5.41, 5.74) is 4.82. The molecule has 92 valence electrons. The Morgan fingerprint density at radius 3 is 2.83 bits per heavy atom. The lowest BCUT2D eigenvalue weighted by Gasteiger charge is -2.21. The van der Waals surface area contributed by atoms with Gasteiger partial charge in [0.15, 0.2) is 5.11 Å². The summed E-state index contributed by atoms with van der Waals surface area (Å²) in [6, 6.07) is 6.54. The van der Waals surface area contributed by atoms with E-state index in [2.05, 4.69) is 40.7 Å². The van der Waals surface area contributed by atoms with Crippen LogP contribution in [0.2, 0.25) is 0 Å². The number of anilines is 1. The topological polar surface area (TPSA) is 36.1 Å². The second-order valence-corrected chi connectivity index (χ2v) is 5.03. The molecule has 0 aromatic heterocycles. The molecule has 1 aliphatic carbocycles. The molecule has 1 aliphatic heterocycles. The summed E-state index contributed by atoms with van der Waals surface area (Å²) in [5, 5.41) is 9.93. The summed E-state index contributed by atoms with van der Waals surface area (Å²) in [4.78, 5) is 0. The van der Waals surface area contributed by atoms with E-state index in [1.54, 1.807) is 0 Å². The van der Waals surface area contributed by atoms with Crippen molar-refractivity contribution in [3.05, 3.63) is 53.5 Å². The van der Waals surface area contributed by atoms with Crippen LogP contribution in [-0.2, 0) is 12.8 Å². The minimum absolute atomic E-state index is 0.575. The quantitative estimate of drug-likeness (QED) is 0.711. The van der Waals surface area contributed by atoms with Crippen LogP contribution in [0.4, 0.5) is 5.69 Å². The molecule has 18 heavy (non-hydrogen) atoms. The van der Waals surface area contributed by atoms with Gasteiger partial charge in [0.1, 0.15) is 5.82 Å². The molecule has 3 nitrogen and oxygen atoms in total. The van der Waals surface area contributed by atoms with Crippen LogP contribution in [0.15, 0.2) is 42.4 Å². The fourth-order valence-electron chi connectivity index (χ4n) is 2.42. The molecule has 3 rings (SSSR count). The Labute approximate surface area is 112 Å². The molecule has 0 saturated carbocycles. The van der Waals surface area contributed by atoms with E-state index in [-0.39, 0.29) is 0 Å². The molecule has 1 heterocycles. The van der Waals surface area contributed by atoms with E-state index < -0.39 is 0 Å². The number of allylic oxidation sites excluding steroid dienone is 1. The van der Waals surface area contributed by atoms with Crippen molar-refractivity contribution in [2.45, 2.75) is 19.3 Å². The highest BCUT2D eigenvalue weighted by molar-refractivity contribution is 7.80. The van der Waals surface area contributed by atoms with Gasteiger partial charge in [-0.3, -0.25) is 0 Å². The highest BCUT2D eigenvalue weighted by Gasteiger charge is 2.12. The minimum atomic E-state index is 0.575. The molecule has 0 radical (unpaired) electrons. The van der Waals surface area contributed by atoms with Crippen molar-refractivity contribution in [2.24, 2.45) is 0 Å². The predicted octanol–water partition coefficient (Wildman–Crippen LogP) is 2.42. The first kappa shape index (κ1) is 11.3. The first-order valence-corrected chi connectivity index (χ1v) is 6.49. The molecule has 0 spiro atoms. The Morgan fingerprint density at radius 1 is 1.17 bits per heavy atom. The number of hydrogen-bond acceptors (Lipinski definition) is 2. The summed E-state index contributed by atoms with van der Waals surface area (Å²) in [6.45, 7) is 3.86. The smallest absolute Gasteiger partial charge is 0.176 e. The van der Waals surface area contributed by atoms with Crippen LogP contribution in [0, 0.1) is 0 Å². The number of nitrogens with one attached hydrogen (secondary N) is 3. The number of rotatable bonds is 2. The highest BCUT2D eigenvalue weighted by Crippen LogP contribution is 2.25. The van der Waals surface area contributed by atoms with Crippen molar-refractivity contribution in [1.29, 1.82) is 0 Å². The van der Waals surface area contributed by atoms with Gasteiger partial charge in [0.2, 0.25) is 0 Å². The average Bonchev–Trinajstić information content (AvgIpc) is 2.74. The second kappa shape index (κ2) is 4.46. The van der Waals surface area contributed by atoms with Crippen LogP contribution >= 0.6 is 12.2 Å². The Balaban J connectivity index is 1.80. The van der Waals surface area contributed by atoms with Crippen molar-refractivity contribution >= 4 is 23.0 Å². The van der Waals surface area contributed by atoms with Gasteiger partial charge in [-0.15, -0.1) is 0 Å². The number of aryl methyl sites for hydroxylation is 2. The molecular weight excluding hydrogens is 242 g/mol. The molecule has 3 N–H and O–H groups in total. The van der Waals surface area contributed by atoms with Crippen LogP contribution < -0.4 is 16.0 Å². The molecule has 0 fully saturated rings. The third kappa shape index (κ3) is 2.24. The van der Waals surface area contributed by atoms with Gasteiger partial charge in [-0.2, -0.15) is 0 Å². The number of thiocarbonyl (C=S) groups is 1. The molecule has 4 heteroatoms. The van der Waals surface area contributed by atoms with Crippen molar-refractivity contribution in [2.75, 3.05) is 5.32 Å². The SMILES string of the molecule is C=C1C=C(Nc2ccc3c(c2)CCC3)NC(=S)N1. The Morgan fingerprint density at radius 2 is 2.00 bits per heavy atom. The van der Waals surface area contributed by atoms with Crippen molar-refractivity contribution < 1.29 is 0 Å². The Kier molecular flexibility index (Phi) is 2.80. The molecule has 1 aromatic rings. The monoisotopic (exact) mass is 257 g/mol. The van der Waals surface area contributed by atoms with Gasteiger partial charge in [-0.25, -0.2) is 0 Å². The van der Waals surface area contributed by atoms with Crippen LogP contribution in [-0.4, -0.2) is 5.11 Å². The zero-order valence-electron chi connectivity index (χ0n) is 10.0. The van der Waals surface area contributed by atoms with Gasteiger partial charge in [0.05, 0.1) is 0 Å². The van der Waals surface area contributed by atoms with E-state index in [9.17, 15) is 0 Å². The summed E-state index contributed by atoms with van der Waals surface area (Å²) < 4.78 is 0. The van der Waals surface area contributed by atoms with Gasteiger partial charge in [0, 0.05) is 17.5 Å². The highest BCUT2D eigenvalue weighted by atomic mass is 32.1. The zero-order chi connectivity index (χ0) is 12.5. The van der Waals surface area contributed by atoms with E-state index in [0.717, 1.165) is 17.2 Å². The predicted molar refractivity (Wildman–Crippen MR) is 78.2 cm³/mol. The first-order chi connectivity index (χ1) is 8.70. The van der Waals surface area contributed by atoms with Crippen molar-refractivity contribution in [3.8, 4) is 0 Å². The van der Waals surface area contributed by atoms with Gasteiger partial charge in [0.25, 0.3) is 0 Å². The fraction of sp³-hybridized carbons (Fsp3) is 0.214. The van der Waals surface area contributed by atoms with Crippen LogP contribution in [0.25, 0.3) is 0 Å². The number of fused-ring (bicyclic) bond motifs is 1. The second-order valence-electron chi connectivity index (χ2n) is 4.62. The van der Waals surface area contributed by atoms with Crippen molar-refractivity contribution in [3.63, 3.8) is 0 Å². The largest absolute Gasteiger partial charge is 0.342 e. The molecule has 0 unspecified atom stereocenters. The lowest BCUT2D eigenvalue weighted by Crippen LogP contribution is -2.39. The maximum atomic E-state index is 5.09.